The van der Waals surface area contributed by atoms with Gasteiger partial charge in [-0.05, 0) is 67.8 Å². The maximum Gasteiger partial charge on any atom is 0.155 e. The molecule has 114 valence electrons. The molecule has 0 aromatic carbocycles. The second kappa shape index (κ2) is 4.30. The van der Waals surface area contributed by atoms with E-state index in [2.05, 4.69) is 13.8 Å². The standard InChI is InChI=1S/C19H26O2/c1-18-9-7-13(20)11-12(18)3-4-14-15-5-6-17(21)19(15,2)10-8-16(14)18/h11,14-16H,3-10H2,1-2H3/t14?,15-,16-,18?,19-/m0/s1. The minimum absolute atomic E-state index is 0.0246. The monoisotopic (exact) mass is 286 g/mol. The molecule has 0 heterocycles. The Hall–Kier alpha value is -0.920. The number of Topliss-reactive ketones (excluding diaryl/α,β-unsaturated/α-hetero) is 1. The van der Waals surface area contributed by atoms with Crippen LogP contribution in [0.4, 0.5) is 0 Å². The number of hydrogen-bond donors (Lipinski definition) is 0. The molecule has 3 saturated carbocycles. The van der Waals surface area contributed by atoms with Gasteiger partial charge in [0.2, 0.25) is 0 Å². The van der Waals surface area contributed by atoms with Gasteiger partial charge >= 0.3 is 0 Å². The maximum absolute atomic E-state index is 12.4. The summed E-state index contributed by atoms with van der Waals surface area (Å²) in [7, 11) is 0. The molecule has 3 fully saturated rings. The lowest BCUT2D eigenvalue weighted by Gasteiger charge is -2.56. The van der Waals surface area contributed by atoms with Crippen LogP contribution in [0.2, 0.25) is 0 Å². The van der Waals surface area contributed by atoms with E-state index in [0.29, 0.717) is 29.3 Å². The van der Waals surface area contributed by atoms with Gasteiger partial charge in [-0.3, -0.25) is 9.59 Å². The first-order chi connectivity index (χ1) is 9.95. The lowest BCUT2D eigenvalue weighted by molar-refractivity contribution is -0.132. The largest absolute Gasteiger partial charge is 0.299 e. The quantitative estimate of drug-likeness (QED) is 0.672. The molecule has 0 saturated heterocycles. The molecule has 0 amide bonds. The number of allylic oxidation sites excluding steroid dienone is 1. The van der Waals surface area contributed by atoms with E-state index < -0.39 is 0 Å². The topological polar surface area (TPSA) is 34.1 Å². The van der Waals surface area contributed by atoms with Crippen LogP contribution in [0.3, 0.4) is 0 Å². The fourth-order valence-corrected chi connectivity index (χ4v) is 6.33. The Morgan fingerprint density at radius 1 is 0.905 bits per heavy atom. The summed E-state index contributed by atoms with van der Waals surface area (Å²) in [5.74, 6) is 2.88. The summed E-state index contributed by atoms with van der Waals surface area (Å²) in [5, 5.41) is 0. The Kier molecular flexibility index (Phi) is 2.81. The minimum Gasteiger partial charge on any atom is -0.299 e. The lowest BCUT2D eigenvalue weighted by Crippen LogP contribution is -2.50. The van der Waals surface area contributed by atoms with E-state index in [1.807, 2.05) is 6.08 Å². The van der Waals surface area contributed by atoms with Crippen molar-refractivity contribution in [1.29, 1.82) is 0 Å². The average molecular weight is 286 g/mol. The fraction of sp³-hybridized carbons (Fsp3) is 0.789. The molecule has 0 N–H and O–H groups in total. The van der Waals surface area contributed by atoms with Crippen LogP contribution in [-0.4, -0.2) is 11.6 Å². The third-order valence-corrected chi connectivity index (χ3v) is 7.67. The van der Waals surface area contributed by atoms with Gasteiger partial charge in [0.15, 0.2) is 5.78 Å². The van der Waals surface area contributed by atoms with Crippen LogP contribution in [0.5, 0.6) is 0 Å². The van der Waals surface area contributed by atoms with Crippen molar-refractivity contribution in [2.45, 2.75) is 65.2 Å². The summed E-state index contributed by atoms with van der Waals surface area (Å²) in [6, 6.07) is 0. The molecule has 2 unspecified atom stereocenters. The molecular weight excluding hydrogens is 260 g/mol. The third kappa shape index (κ3) is 1.71. The Balaban J connectivity index is 1.70. The van der Waals surface area contributed by atoms with Gasteiger partial charge in [0.05, 0.1) is 0 Å². The molecule has 0 aromatic heterocycles. The average Bonchev–Trinajstić information content (AvgIpc) is 2.76. The normalized spacial score (nSPS) is 49.2. The van der Waals surface area contributed by atoms with Crippen molar-refractivity contribution in [3.63, 3.8) is 0 Å². The number of carbonyl (C=O) groups excluding carboxylic acids is 2. The molecule has 21 heavy (non-hydrogen) atoms. The number of fused-ring (bicyclic) bond motifs is 5. The van der Waals surface area contributed by atoms with Gasteiger partial charge in [0, 0.05) is 18.3 Å². The lowest BCUT2D eigenvalue weighted by atomic mass is 9.47. The van der Waals surface area contributed by atoms with E-state index >= 15 is 0 Å². The van der Waals surface area contributed by atoms with Crippen molar-refractivity contribution in [2.75, 3.05) is 0 Å². The predicted molar refractivity (Wildman–Crippen MR) is 81.7 cm³/mol. The number of hydrogen-bond acceptors (Lipinski definition) is 2. The van der Waals surface area contributed by atoms with Gasteiger partial charge in [-0.1, -0.05) is 19.4 Å². The van der Waals surface area contributed by atoms with Crippen LogP contribution in [0.25, 0.3) is 0 Å². The number of ketones is 2. The van der Waals surface area contributed by atoms with Gasteiger partial charge in [-0.15, -0.1) is 0 Å². The Morgan fingerprint density at radius 3 is 2.48 bits per heavy atom. The molecule has 0 spiro atoms. The zero-order valence-corrected chi connectivity index (χ0v) is 13.3. The zero-order chi connectivity index (χ0) is 14.8. The van der Waals surface area contributed by atoms with Crippen molar-refractivity contribution in [2.24, 2.45) is 28.6 Å². The molecule has 0 bridgehead atoms. The van der Waals surface area contributed by atoms with Gasteiger partial charge in [0.25, 0.3) is 0 Å². The van der Waals surface area contributed by atoms with Gasteiger partial charge in [0.1, 0.15) is 5.78 Å². The number of rotatable bonds is 0. The second-order valence-corrected chi connectivity index (χ2v) is 8.39. The van der Waals surface area contributed by atoms with Crippen molar-refractivity contribution in [3.05, 3.63) is 11.6 Å². The molecule has 4 rings (SSSR count). The Bertz CT molecular complexity index is 546. The third-order valence-electron chi connectivity index (χ3n) is 7.67. The molecule has 4 aliphatic carbocycles. The van der Waals surface area contributed by atoms with Crippen molar-refractivity contribution in [1.82, 2.24) is 0 Å². The van der Waals surface area contributed by atoms with Crippen LogP contribution in [0.15, 0.2) is 11.6 Å². The summed E-state index contributed by atoms with van der Waals surface area (Å²) >= 11 is 0. The smallest absolute Gasteiger partial charge is 0.155 e. The summed E-state index contributed by atoms with van der Waals surface area (Å²) < 4.78 is 0. The molecular formula is C19H26O2. The van der Waals surface area contributed by atoms with Crippen LogP contribution < -0.4 is 0 Å². The summed E-state index contributed by atoms with van der Waals surface area (Å²) in [6.07, 6.45) is 10.2. The summed E-state index contributed by atoms with van der Waals surface area (Å²) in [4.78, 5) is 24.1. The minimum atomic E-state index is -0.0246. The molecule has 0 aromatic rings. The maximum atomic E-state index is 12.4. The first-order valence-electron chi connectivity index (χ1n) is 8.72. The molecule has 2 heteroatoms. The SMILES string of the molecule is CC12CCC(=O)C=C1CCC1[C@@H]2CC[C@]2(C)C(=O)CC[C@@H]12. The Labute approximate surface area is 127 Å². The van der Waals surface area contributed by atoms with E-state index in [0.717, 1.165) is 38.5 Å². The van der Waals surface area contributed by atoms with E-state index in [-0.39, 0.29) is 10.8 Å². The van der Waals surface area contributed by atoms with Gasteiger partial charge < -0.3 is 0 Å². The Morgan fingerprint density at radius 2 is 1.67 bits per heavy atom. The van der Waals surface area contributed by atoms with Crippen molar-refractivity contribution in [3.8, 4) is 0 Å². The van der Waals surface area contributed by atoms with Gasteiger partial charge in [-0.2, -0.15) is 0 Å². The van der Waals surface area contributed by atoms with E-state index in [9.17, 15) is 9.59 Å². The molecule has 2 nitrogen and oxygen atoms in total. The van der Waals surface area contributed by atoms with Crippen LogP contribution in [0.1, 0.15) is 65.2 Å². The summed E-state index contributed by atoms with van der Waals surface area (Å²) in [5.41, 5.74) is 1.64. The van der Waals surface area contributed by atoms with Crippen LogP contribution >= 0.6 is 0 Å². The second-order valence-electron chi connectivity index (χ2n) is 8.39. The molecule has 5 atom stereocenters. The first-order valence-corrected chi connectivity index (χ1v) is 8.72. The first kappa shape index (κ1) is 13.7. The van der Waals surface area contributed by atoms with Crippen LogP contribution in [-0.2, 0) is 9.59 Å². The molecule has 0 aliphatic heterocycles. The predicted octanol–water partition coefficient (Wildman–Crippen LogP) is 4.09. The van der Waals surface area contributed by atoms with E-state index in [4.69, 9.17) is 0 Å². The van der Waals surface area contributed by atoms with E-state index in [1.165, 1.54) is 18.4 Å². The molecule has 0 radical (unpaired) electrons. The van der Waals surface area contributed by atoms with Crippen molar-refractivity contribution < 1.29 is 9.59 Å². The van der Waals surface area contributed by atoms with E-state index in [1.54, 1.807) is 0 Å². The zero-order valence-electron chi connectivity index (χ0n) is 13.3. The highest BCUT2D eigenvalue weighted by Gasteiger charge is 2.58. The highest BCUT2D eigenvalue weighted by atomic mass is 16.1. The highest BCUT2D eigenvalue weighted by molar-refractivity contribution is 5.91. The van der Waals surface area contributed by atoms with Crippen LogP contribution in [0, 0.1) is 28.6 Å². The number of carbonyl (C=O) groups is 2. The van der Waals surface area contributed by atoms with Gasteiger partial charge in [-0.25, -0.2) is 0 Å². The van der Waals surface area contributed by atoms with Crippen molar-refractivity contribution >= 4 is 11.6 Å². The molecule has 4 aliphatic rings. The highest BCUT2D eigenvalue weighted by Crippen LogP contribution is 2.64. The fourth-order valence-electron chi connectivity index (χ4n) is 6.33. The summed E-state index contributed by atoms with van der Waals surface area (Å²) in [6.45, 7) is 4.64.